The van der Waals surface area contributed by atoms with Crippen molar-refractivity contribution in [1.82, 2.24) is 118 Å². The summed E-state index contributed by atoms with van der Waals surface area (Å²) in [6, 6.07) is 62.9. The van der Waals surface area contributed by atoms with Crippen LogP contribution >= 0.6 is 22.7 Å². The molecule has 0 aliphatic rings. The van der Waals surface area contributed by atoms with Crippen LogP contribution in [0.3, 0.4) is 0 Å². The van der Waals surface area contributed by atoms with Gasteiger partial charge in [0, 0.05) is 47.0 Å². The van der Waals surface area contributed by atoms with Crippen molar-refractivity contribution in [3.63, 3.8) is 0 Å². The Morgan fingerprint density at radius 3 is 1.27 bits per heavy atom. The maximum absolute atomic E-state index is 12.5. The molecule has 1 amide bonds. The van der Waals surface area contributed by atoms with E-state index >= 15 is 0 Å². The van der Waals surface area contributed by atoms with E-state index in [0.717, 1.165) is 61.0 Å². The number of anilines is 15. The van der Waals surface area contributed by atoms with E-state index in [0.29, 0.717) is 92.3 Å². The highest BCUT2D eigenvalue weighted by molar-refractivity contribution is 7.90. The van der Waals surface area contributed by atoms with Crippen LogP contribution in [0.1, 0.15) is 30.1 Å². The molecule has 0 aliphatic heterocycles. The van der Waals surface area contributed by atoms with Gasteiger partial charge in [0.05, 0.1) is 78.0 Å². The summed E-state index contributed by atoms with van der Waals surface area (Å²) in [5.74, 6) is 3.22. The first-order chi connectivity index (χ1) is 68.9. The number of primary amides is 1. The van der Waals surface area contributed by atoms with Crippen LogP contribution in [0.15, 0.2) is 255 Å². The minimum absolute atomic E-state index is 0.000999. The Bertz CT molecular complexity index is 8780. The summed E-state index contributed by atoms with van der Waals surface area (Å²) in [6.45, 7) is 3.31. The molecule has 20 aromatic rings. The number of ketones is 1. The van der Waals surface area contributed by atoms with Gasteiger partial charge in [0.1, 0.15) is 5.75 Å². The van der Waals surface area contributed by atoms with Crippen molar-refractivity contribution in [3.05, 3.63) is 236 Å². The summed E-state index contributed by atoms with van der Waals surface area (Å²) in [6.07, 6.45) is 1.28. The van der Waals surface area contributed by atoms with Crippen molar-refractivity contribution in [1.29, 1.82) is 0 Å². The Labute approximate surface area is 829 Å². The Kier molecular flexibility index (Phi) is 28.9. The number of nitrogens with one attached hydrogen (secondary N) is 7. The number of ether oxygens (including phenoxy) is 1. The summed E-state index contributed by atoms with van der Waals surface area (Å²) in [5.41, 5.74) is 44.7. The Morgan fingerprint density at radius 1 is 0.393 bits per heavy atom. The molecule has 20 rings (SSSR count). The highest BCUT2D eigenvalue weighted by Gasteiger charge is 2.24. The molecule has 0 saturated heterocycles. The number of aromatic nitrogens is 23. The minimum Gasteiger partial charge on any atom is -0.484 e. The number of carbonyl (C=O) groups excluding carboxylic acids is 2. The third-order valence-electron chi connectivity index (χ3n) is 20.4. The zero-order valence-corrected chi connectivity index (χ0v) is 81.5. The molecule has 0 aliphatic carbocycles. The molecule has 10 aromatic carbocycles. The van der Waals surface area contributed by atoms with Gasteiger partial charge in [0.15, 0.2) is 12.4 Å². The van der Waals surface area contributed by atoms with Crippen LogP contribution in [0.25, 0.3) is 81.6 Å². The van der Waals surface area contributed by atoms with Crippen molar-refractivity contribution >= 4 is 226 Å². The van der Waals surface area contributed by atoms with E-state index in [1.807, 2.05) is 111 Å². The number of sulfonamides is 5. The van der Waals surface area contributed by atoms with Crippen molar-refractivity contribution in [2.75, 3.05) is 82.5 Å². The number of fused-ring (bicyclic) bond motifs is 5. The molecule has 29 N–H and O–H groups in total. The van der Waals surface area contributed by atoms with Crippen molar-refractivity contribution in [2.24, 2.45) is 31.4 Å². The molecule has 0 spiro atoms. The number of nitrogens with zero attached hydrogens (tertiary/aromatic N) is 22. The molecular formula is C85H86N40O13S7. The number of thiazole rings is 2. The van der Waals surface area contributed by atoms with Gasteiger partial charge in [-0.05, 0) is 222 Å². The van der Waals surface area contributed by atoms with Crippen molar-refractivity contribution < 1.29 is 56.4 Å². The fourth-order valence-electron chi connectivity index (χ4n) is 13.7. The second-order valence-electron chi connectivity index (χ2n) is 31.2. The van der Waals surface area contributed by atoms with Crippen LogP contribution in [-0.2, 0) is 61.5 Å². The number of aryl methyl sites for hydroxylation is 1. The van der Waals surface area contributed by atoms with Gasteiger partial charge in [-0.1, -0.05) is 65.1 Å². The highest BCUT2D eigenvalue weighted by Crippen LogP contribution is 2.34. The average molecular weight is 2100 g/mol. The number of benzene rings is 10. The molecule has 0 fully saturated rings. The summed E-state index contributed by atoms with van der Waals surface area (Å²) in [5, 5.41) is 62.8. The fourth-order valence-corrected chi connectivity index (χ4v) is 18.2. The van der Waals surface area contributed by atoms with Gasteiger partial charge in [0.2, 0.25) is 138 Å². The van der Waals surface area contributed by atoms with Gasteiger partial charge in [-0.3, -0.25) is 9.59 Å². The molecule has 60 heteroatoms. The third-order valence-corrected chi connectivity index (χ3v) is 27.0. The Balaban J connectivity index is 0.000000130. The van der Waals surface area contributed by atoms with Crippen LogP contribution in [0.5, 0.6) is 5.75 Å². The van der Waals surface area contributed by atoms with Crippen LogP contribution in [0.2, 0.25) is 0 Å². The first-order valence-corrected chi connectivity index (χ1v) is 51.7. The number of carbonyl (C=O) groups is 2. The number of amides is 1. The number of Topliss-reactive ketones (excluding diaryl/α,β-unsaturated/α-hetero) is 1. The van der Waals surface area contributed by atoms with Crippen LogP contribution in [0.4, 0.5) is 87.9 Å². The van der Waals surface area contributed by atoms with E-state index < -0.39 is 56.0 Å². The third kappa shape index (κ3) is 24.6. The van der Waals surface area contributed by atoms with E-state index in [9.17, 15) is 51.7 Å². The maximum Gasteiger partial charge on any atom is 0.255 e. The summed E-state index contributed by atoms with van der Waals surface area (Å²) in [4.78, 5) is 75.1. The lowest BCUT2D eigenvalue weighted by molar-refractivity contribution is -0.119. The predicted octanol–water partition coefficient (Wildman–Crippen LogP) is 6.93. The number of hydrogen-bond acceptors (Lipinski definition) is 41. The summed E-state index contributed by atoms with van der Waals surface area (Å²) in [7, 11) is -14.9. The highest BCUT2D eigenvalue weighted by atomic mass is 32.2. The van der Waals surface area contributed by atoms with Crippen LogP contribution in [0, 0.1) is 0 Å². The molecule has 0 radical (unpaired) electrons. The molecule has 145 heavy (non-hydrogen) atoms. The van der Waals surface area contributed by atoms with Gasteiger partial charge >= 0.3 is 0 Å². The normalized spacial score (nSPS) is 11.7. The molecule has 0 saturated carbocycles. The molecule has 10 aromatic heterocycles. The first-order valence-electron chi connectivity index (χ1n) is 42.3. The SMILES string of the molecule is CCn1c(-n2nc(Nc3cccc(S(N)(=O)=O)c3)nc2N)nc2ccccc21.CN(C)CCCC(=O)c1ccc2nc(-n3nc(Nc4ccc(S(N)(=O)=O)cc4)nc3N)sc2c1.NC(=O)COc1ccc2nc(-n3nc(Nc4ccc(S(N)(=O)=O)cc4)nc3N)sc2c1.Nc1nc(Nc2ccc(S(N)(=O)=O)cc2)n(-c2nc3ccccc3[nH]2)n1.Nc1nc(Nc2ccc(S(N)(=O)=O)cc2)nn1-c1nc2ccccc2[nH]1. The van der Waals surface area contributed by atoms with Crippen LogP contribution < -0.4 is 91.4 Å². The topological polar surface area (TPSA) is 818 Å². The van der Waals surface area contributed by atoms with E-state index in [2.05, 4.69) is 117 Å². The van der Waals surface area contributed by atoms with Crippen molar-refractivity contribution in [3.8, 4) is 33.9 Å². The number of nitrogens with two attached hydrogens (primary N) is 11. The predicted molar refractivity (Wildman–Crippen MR) is 546 cm³/mol. The zero-order valence-electron chi connectivity index (χ0n) is 75.8. The van der Waals surface area contributed by atoms with E-state index in [1.165, 1.54) is 119 Å². The summed E-state index contributed by atoms with van der Waals surface area (Å²) >= 11 is 2.65. The second kappa shape index (κ2) is 41.8. The smallest absolute Gasteiger partial charge is 0.255 e. The zero-order chi connectivity index (χ0) is 103. The number of imidazole rings is 3. The molecule has 0 atom stereocenters. The first kappa shape index (κ1) is 101. The van der Waals surface area contributed by atoms with Gasteiger partial charge in [0.25, 0.3) is 5.91 Å². The fraction of sp³-hybridized carbons (Fsp3) is 0.0941. The number of hydrogen-bond donors (Lipinski definition) is 18. The largest absolute Gasteiger partial charge is 0.484 e. The molecule has 0 unspecified atom stereocenters. The van der Waals surface area contributed by atoms with Crippen molar-refractivity contribution in [2.45, 2.75) is 50.8 Å². The number of aromatic amines is 2. The molecule has 0 bridgehead atoms. The number of H-pyrrole nitrogens is 2. The van der Waals surface area contributed by atoms with Gasteiger partial charge in [-0.25, -0.2) is 92.7 Å². The average Bonchev–Trinajstić information content (AvgIpc) is 1.62. The standard InChI is InChI=1S/C21H24N8O3S2.C17H16N8O4S2.C17H18N8O2S.2C15H14N8O2S/c1-28(2)11-3-4-17(30)13-5-10-16-18(12-13)33-21(25-16)29-19(22)26-20(27-29)24-14-6-8-15(9-7-14)34(23,31)32;18-14(26)8-29-10-3-6-12-13(7-10)30-17(22-12)25-15(19)23-16(24-25)21-9-1-4-11(5-2-9)31(20,27)28;1-2-24-14-9-4-3-8-13(14)21-17(24)25-15(18)22-16(23-25)20-11-6-5-7-12(10-11)28(19,26)27;16-13-21-14(18-9-5-7-10(8-6-9)26(17,24)25)22-23(13)15-19-11-3-1-2-4-12(11)20-15;16-13-21-14(18-9-5-7-10(8-6-9)26(17,24)25)23(22-13)15-19-11-3-1-2-4-12(11)20-15/h5-10,12H,3-4,11H2,1-2H3,(H2,23,31,32)(H3,22,24,26,27);1-7H,8H2,(H2,18,26)(H2,20,27,28)(H3,19,21,23,24);3-10H,2H2,1H3,(H2,19,26,27)(H3,18,20,22,23);2*1-8H,(H,19,20)(H2,17,24,25)(H3,16,18,21,22). The Hall–Kier alpha value is -17.5. The van der Waals surface area contributed by atoms with Gasteiger partial charge in [-0.2, -0.15) is 48.3 Å². The van der Waals surface area contributed by atoms with E-state index in [4.69, 9.17) is 64.8 Å². The van der Waals surface area contributed by atoms with E-state index in [1.54, 1.807) is 72.8 Å². The lowest BCUT2D eigenvalue weighted by Gasteiger charge is -2.08. The molecule has 746 valence electrons. The monoisotopic (exact) mass is 2100 g/mol. The van der Waals surface area contributed by atoms with Gasteiger partial charge in [-0.15, -0.1) is 25.5 Å². The number of primary sulfonamides is 5. The van der Waals surface area contributed by atoms with E-state index in [-0.39, 0.29) is 90.4 Å². The minimum atomic E-state index is -3.81. The molecular weight excluding hydrogens is 2010 g/mol. The number of rotatable bonds is 29. The maximum atomic E-state index is 12.5. The second-order valence-corrected chi connectivity index (χ2v) is 41.0. The quantitative estimate of drug-likeness (QED) is 0.0211. The molecule has 10 heterocycles. The number of para-hydroxylation sites is 6. The lowest BCUT2D eigenvalue weighted by Crippen LogP contribution is -2.19. The van der Waals surface area contributed by atoms with Gasteiger partial charge < -0.3 is 85.2 Å². The lowest BCUT2D eigenvalue weighted by atomic mass is 10.1. The molecule has 53 nitrogen and oxygen atoms in total. The number of nitrogen functional groups attached to an aromatic ring is 5. The Morgan fingerprint density at radius 2 is 0.807 bits per heavy atom. The summed E-state index contributed by atoms with van der Waals surface area (Å²) < 4.78 is 130. The van der Waals surface area contributed by atoms with Crippen LogP contribution in [-0.4, -0.2) is 199 Å².